The van der Waals surface area contributed by atoms with E-state index < -0.39 is 0 Å². The van der Waals surface area contributed by atoms with Crippen LogP contribution in [0.5, 0.6) is 0 Å². The van der Waals surface area contributed by atoms with Crippen LogP contribution in [0.15, 0.2) is 54.6 Å². The Morgan fingerprint density at radius 3 is 2.48 bits per heavy atom. The maximum Gasteiger partial charge on any atom is 0.140 e. The molecule has 0 saturated heterocycles. The molecule has 0 fully saturated rings. The molecule has 1 aliphatic rings. The number of para-hydroxylation sites is 1. The van der Waals surface area contributed by atoms with Gasteiger partial charge in [0, 0.05) is 31.3 Å². The van der Waals surface area contributed by atoms with Gasteiger partial charge in [0.05, 0.1) is 17.9 Å². The number of fused-ring (bicyclic) bond motifs is 1. The average Bonchev–Trinajstić information content (AvgIpc) is 2.93. The van der Waals surface area contributed by atoms with Crippen molar-refractivity contribution < 1.29 is 4.39 Å². The van der Waals surface area contributed by atoms with Gasteiger partial charge in [0.25, 0.3) is 0 Å². The number of benzene rings is 2. The molecule has 2 aromatic carbocycles. The van der Waals surface area contributed by atoms with Crippen LogP contribution in [0.4, 0.5) is 10.1 Å². The molecule has 4 rings (SSSR count). The van der Waals surface area contributed by atoms with Crippen LogP contribution in [-0.4, -0.2) is 16.1 Å². The molecule has 0 N–H and O–H groups in total. The Morgan fingerprint density at radius 2 is 1.74 bits per heavy atom. The van der Waals surface area contributed by atoms with E-state index in [0.29, 0.717) is 0 Å². The van der Waals surface area contributed by atoms with E-state index in [1.807, 2.05) is 13.1 Å². The number of hydrogen-bond acceptors (Lipinski definition) is 2. The summed E-state index contributed by atoms with van der Waals surface area (Å²) >= 11 is 0. The Kier molecular flexibility index (Phi) is 3.37. The van der Waals surface area contributed by atoms with Crippen LogP contribution in [0.2, 0.25) is 0 Å². The van der Waals surface area contributed by atoms with Crippen LogP contribution in [0.3, 0.4) is 0 Å². The largest absolute Gasteiger partial charge is 0.365 e. The molecular formula is C19H18FN3. The summed E-state index contributed by atoms with van der Waals surface area (Å²) in [6.45, 7) is 1.82. The molecule has 1 aliphatic heterocycles. The monoisotopic (exact) mass is 307 g/mol. The molecule has 23 heavy (non-hydrogen) atoms. The van der Waals surface area contributed by atoms with Gasteiger partial charge >= 0.3 is 0 Å². The molecule has 4 heteroatoms. The van der Waals surface area contributed by atoms with E-state index in [0.717, 1.165) is 36.6 Å². The van der Waals surface area contributed by atoms with Crippen molar-refractivity contribution in [2.24, 2.45) is 7.05 Å². The Bertz CT molecular complexity index is 822. The Morgan fingerprint density at radius 1 is 1.00 bits per heavy atom. The van der Waals surface area contributed by atoms with Gasteiger partial charge in [-0.25, -0.2) is 9.37 Å². The lowest BCUT2D eigenvalue weighted by Gasteiger charge is -2.29. The van der Waals surface area contributed by atoms with Crippen LogP contribution in [0.1, 0.15) is 11.4 Å². The highest BCUT2D eigenvalue weighted by Crippen LogP contribution is 2.28. The summed E-state index contributed by atoms with van der Waals surface area (Å²) in [5.74, 6) is 0.688. The Hall–Kier alpha value is -2.62. The van der Waals surface area contributed by atoms with E-state index in [4.69, 9.17) is 4.98 Å². The fourth-order valence-electron chi connectivity index (χ4n) is 3.20. The molecule has 0 radical (unpaired) electrons. The van der Waals surface area contributed by atoms with Gasteiger partial charge in [0.2, 0.25) is 0 Å². The van der Waals surface area contributed by atoms with Crippen molar-refractivity contribution in [1.82, 2.24) is 9.55 Å². The van der Waals surface area contributed by atoms with Crippen LogP contribution in [-0.2, 0) is 20.0 Å². The van der Waals surface area contributed by atoms with Crippen LogP contribution >= 0.6 is 0 Å². The Balaban J connectivity index is 1.69. The molecule has 0 bridgehead atoms. The van der Waals surface area contributed by atoms with Crippen molar-refractivity contribution in [3.63, 3.8) is 0 Å². The summed E-state index contributed by atoms with van der Waals surface area (Å²) < 4.78 is 15.3. The second kappa shape index (κ2) is 5.54. The first-order chi connectivity index (χ1) is 11.2. The minimum atomic E-state index is -0.219. The molecule has 0 saturated carbocycles. The topological polar surface area (TPSA) is 21.1 Å². The molecule has 2 heterocycles. The lowest BCUT2D eigenvalue weighted by molar-refractivity contribution is 0.628. The molecule has 116 valence electrons. The third-order valence-electron chi connectivity index (χ3n) is 4.48. The fourth-order valence-corrected chi connectivity index (χ4v) is 3.20. The second-order valence-electron chi connectivity index (χ2n) is 5.90. The van der Waals surface area contributed by atoms with Crippen molar-refractivity contribution in [3.8, 4) is 11.4 Å². The predicted molar refractivity (Wildman–Crippen MR) is 89.8 cm³/mol. The van der Waals surface area contributed by atoms with Crippen molar-refractivity contribution in [2.45, 2.75) is 13.0 Å². The molecule has 0 unspecified atom stereocenters. The van der Waals surface area contributed by atoms with Gasteiger partial charge in [-0.3, -0.25) is 0 Å². The SMILES string of the molecule is Cn1c(-c2ccc(F)cc2)nc2c1CN(c1ccccc1)CC2. The van der Waals surface area contributed by atoms with Crippen molar-refractivity contribution in [2.75, 3.05) is 11.4 Å². The molecular weight excluding hydrogens is 289 g/mol. The van der Waals surface area contributed by atoms with Crippen LogP contribution < -0.4 is 4.90 Å². The highest BCUT2D eigenvalue weighted by Gasteiger charge is 2.23. The van der Waals surface area contributed by atoms with Gasteiger partial charge in [0.1, 0.15) is 11.6 Å². The molecule has 3 aromatic rings. The van der Waals surface area contributed by atoms with E-state index >= 15 is 0 Å². The number of halogens is 1. The number of anilines is 1. The number of aromatic nitrogens is 2. The first-order valence-electron chi connectivity index (χ1n) is 7.83. The summed E-state index contributed by atoms with van der Waals surface area (Å²) in [5, 5.41) is 0. The summed E-state index contributed by atoms with van der Waals surface area (Å²) in [5.41, 5.74) is 4.58. The molecule has 3 nitrogen and oxygen atoms in total. The van der Waals surface area contributed by atoms with E-state index in [-0.39, 0.29) is 5.82 Å². The van der Waals surface area contributed by atoms with Crippen LogP contribution in [0, 0.1) is 5.82 Å². The zero-order chi connectivity index (χ0) is 15.8. The molecule has 0 aliphatic carbocycles. The molecule has 0 spiro atoms. The Labute approximate surface area is 135 Å². The number of rotatable bonds is 2. The van der Waals surface area contributed by atoms with Gasteiger partial charge in [-0.1, -0.05) is 18.2 Å². The molecule has 0 atom stereocenters. The minimum absolute atomic E-state index is 0.219. The van der Waals surface area contributed by atoms with Gasteiger partial charge < -0.3 is 9.47 Å². The van der Waals surface area contributed by atoms with Crippen molar-refractivity contribution >= 4 is 5.69 Å². The number of imidazole rings is 1. The van der Waals surface area contributed by atoms with E-state index in [2.05, 4.69) is 33.7 Å². The fraction of sp³-hybridized carbons (Fsp3) is 0.211. The van der Waals surface area contributed by atoms with Crippen molar-refractivity contribution in [3.05, 3.63) is 71.8 Å². The summed E-state index contributed by atoms with van der Waals surface area (Å²) in [6, 6.07) is 17.0. The predicted octanol–water partition coefficient (Wildman–Crippen LogP) is 3.79. The highest BCUT2D eigenvalue weighted by molar-refractivity contribution is 5.58. The maximum absolute atomic E-state index is 13.1. The van der Waals surface area contributed by atoms with E-state index in [1.165, 1.54) is 23.5 Å². The number of nitrogens with zero attached hydrogens (tertiary/aromatic N) is 3. The normalized spacial score (nSPS) is 13.9. The first-order valence-corrected chi connectivity index (χ1v) is 7.83. The zero-order valence-corrected chi connectivity index (χ0v) is 13.0. The quantitative estimate of drug-likeness (QED) is 0.718. The summed E-state index contributed by atoms with van der Waals surface area (Å²) in [6.07, 6.45) is 0.930. The van der Waals surface area contributed by atoms with Crippen LogP contribution in [0.25, 0.3) is 11.4 Å². The zero-order valence-electron chi connectivity index (χ0n) is 13.0. The van der Waals surface area contributed by atoms with Gasteiger partial charge in [-0.15, -0.1) is 0 Å². The van der Waals surface area contributed by atoms with E-state index in [1.54, 1.807) is 12.1 Å². The van der Waals surface area contributed by atoms with Gasteiger partial charge in [-0.2, -0.15) is 0 Å². The molecule has 1 aromatic heterocycles. The third kappa shape index (κ3) is 2.50. The van der Waals surface area contributed by atoms with Gasteiger partial charge in [-0.05, 0) is 36.4 Å². The second-order valence-corrected chi connectivity index (χ2v) is 5.90. The van der Waals surface area contributed by atoms with Gasteiger partial charge in [0.15, 0.2) is 0 Å². The smallest absolute Gasteiger partial charge is 0.140 e. The van der Waals surface area contributed by atoms with Crippen molar-refractivity contribution in [1.29, 1.82) is 0 Å². The molecule has 0 amide bonds. The first kappa shape index (κ1) is 14.0. The summed E-state index contributed by atoms with van der Waals surface area (Å²) in [4.78, 5) is 7.17. The number of hydrogen-bond donors (Lipinski definition) is 0. The lowest BCUT2D eigenvalue weighted by atomic mass is 10.1. The van der Waals surface area contributed by atoms with E-state index in [9.17, 15) is 4.39 Å². The third-order valence-corrected chi connectivity index (χ3v) is 4.48. The average molecular weight is 307 g/mol. The summed E-state index contributed by atoms with van der Waals surface area (Å²) in [7, 11) is 2.04. The standard InChI is InChI=1S/C19H18FN3/c1-22-18-13-23(16-5-3-2-4-6-16)12-11-17(18)21-19(22)14-7-9-15(20)10-8-14/h2-10H,11-13H2,1H3. The highest BCUT2D eigenvalue weighted by atomic mass is 19.1. The minimum Gasteiger partial charge on any atom is -0.365 e. The lowest BCUT2D eigenvalue weighted by Crippen LogP contribution is -2.31. The maximum atomic E-state index is 13.1.